The SMILES string of the molecule is O=C(COc1cc(F)ccc1[N+](=O)[O-])Nc1c(Cl)cccc1Cl. The van der Waals surface area contributed by atoms with Crippen molar-refractivity contribution in [3.05, 3.63) is 62.4 Å². The lowest BCUT2D eigenvalue weighted by Crippen LogP contribution is -2.21. The summed E-state index contributed by atoms with van der Waals surface area (Å²) in [5.74, 6) is -1.73. The first-order valence-corrected chi connectivity index (χ1v) is 6.94. The van der Waals surface area contributed by atoms with E-state index in [1.54, 1.807) is 6.07 Å². The Hall–Kier alpha value is -2.38. The van der Waals surface area contributed by atoms with Crippen molar-refractivity contribution in [3.8, 4) is 5.75 Å². The number of hydrogen-bond donors (Lipinski definition) is 1. The molecule has 1 amide bonds. The van der Waals surface area contributed by atoms with E-state index in [1.165, 1.54) is 12.1 Å². The molecule has 2 rings (SSSR count). The molecule has 0 heterocycles. The topological polar surface area (TPSA) is 81.5 Å². The Bertz CT molecular complexity index is 750. The highest BCUT2D eigenvalue weighted by Gasteiger charge is 2.17. The van der Waals surface area contributed by atoms with Gasteiger partial charge in [0.15, 0.2) is 6.61 Å². The fourth-order valence-corrected chi connectivity index (χ4v) is 2.18. The van der Waals surface area contributed by atoms with Crippen molar-refractivity contribution >= 4 is 40.5 Å². The average Bonchev–Trinajstić information content (AvgIpc) is 2.49. The van der Waals surface area contributed by atoms with Crippen molar-refractivity contribution in [1.82, 2.24) is 0 Å². The van der Waals surface area contributed by atoms with Crippen LogP contribution in [0.25, 0.3) is 0 Å². The summed E-state index contributed by atoms with van der Waals surface area (Å²) >= 11 is 11.8. The van der Waals surface area contributed by atoms with E-state index in [2.05, 4.69) is 5.32 Å². The van der Waals surface area contributed by atoms with Gasteiger partial charge in [0, 0.05) is 12.1 Å². The number of hydrogen-bond acceptors (Lipinski definition) is 4. The number of rotatable bonds is 5. The molecule has 0 aliphatic heterocycles. The fraction of sp³-hybridized carbons (Fsp3) is 0.0714. The quantitative estimate of drug-likeness (QED) is 0.645. The molecule has 0 saturated heterocycles. The summed E-state index contributed by atoms with van der Waals surface area (Å²) in [6, 6.07) is 7.37. The molecule has 0 aliphatic carbocycles. The molecule has 0 radical (unpaired) electrons. The number of para-hydroxylation sites is 1. The largest absolute Gasteiger partial charge is 0.477 e. The van der Waals surface area contributed by atoms with Crippen LogP contribution in [0.1, 0.15) is 0 Å². The van der Waals surface area contributed by atoms with Gasteiger partial charge in [0.25, 0.3) is 5.91 Å². The van der Waals surface area contributed by atoms with Gasteiger partial charge in [-0.05, 0) is 18.2 Å². The third-order valence-corrected chi connectivity index (χ3v) is 3.33. The van der Waals surface area contributed by atoms with E-state index >= 15 is 0 Å². The second-order valence-corrected chi connectivity index (χ2v) is 5.12. The number of nitro groups is 1. The predicted octanol–water partition coefficient (Wildman–Crippen LogP) is 4.06. The highest BCUT2D eigenvalue weighted by atomic mass is 35.5. The van der Waals surface area contributed by atoms with Gasteiger partial charge in [0.1, 0.15) is 5.82 Å². The molecule has 6 nitrogen and oxygen atoms in total. The number of carbonyl (C=O) groups excluding carboxylic acids is 1. The van der Waals surface area contributed by atoms with Crippen LogP contribution in [0.4, 0.5) is 15.8 Å². The van der Waals surface area contributed by atoms with Gasteiger partial charge in [-0.25, -0.2) is 4.39 Å². The lowest BCUT2D eigenvalue weighted by Gasteiger charge is -2.10. The van der Waals surface area contributed by atoms with Crippen molar-refractivity contribution < 1.29 is 18.8 Å². The molecule has 0 spiro atoms. The Balaban J connectivity index is 2.08. The lowest BCUT2D eigenvalue weighted by molar-refractivity contribution is -0.385. The molecule has 0 fully saturated rings. The minimum absolute atomic E-state index is 0.193. The van der Waals surface area contributed by atoms with Gasteiger partial charge in [-0.2, -0.15) is 0 Å². The Kier molecular flexibility index (Phi) is 5.36. The maximum absolute atomic E-state index is 13.1. The van der Waals surface area contributed by atoms with Crippen LogP contribution in [0.5, 0.6) is 5.75 Å². The third kappa shape index (κ3) is 4.30. The van der Waals surface area contributed by atoms with E-state index in [1.807, 2.05) is 0 Å². The van der Waals surface area contributed by atoms with Crippen LogP contribution in [0.15, 0.2) is 36.4 Å². The Morgan fingerprint density at radius 1 is 1.26 bits per heavy atom. The summed E-state index contributed by atoms with van der Waals surface area (Å²) in [6.07, 6.45) is 0. The molecule has 0 bridgehead atoms. The Morgan fingerprint density at radius 3 is 2.52 bits per heavy atom. The molecule has 0 saturated carbocycles. The van der Waals surface area contributed by atoms with Crippen LogP contribution in [-0.4, -0.2) is 17.4 Å². The minimum Gasteiger partial charge on any atom is -0.477 e. The molecular formula is C14H9Cl2FN2O4. The standard InChI is InChI=1S/C14H9Cl2FN2O4/c15-9-2-1-3-10(16)14(9)18-13(20)7-23-12-6-8(17)4-5-11(12)19(21)22/h1-6H,7H2,(H,18,20). The number of amides is 1. The van der Waals surface area contributed by atoms with Crippen LogP contribution in [0.3, 0.4) is 0 Å². The van der Waals surface area contributed by atoms with E-state index in [-0.39, 0.29) is 21.5 Å². The maximum Gasteiger partial charge on any atom is 0.311 e. The molecule has 9 heteroatoms. The first-order valence-electron chi connectivity index (χ1n) is 6.19. The van der Waals surface area contributed by atoms with Crippen molar-refractivity contribution in [3.63, 3.8) is 0 Å². The third-order valence-electron chi connectivity index (χ3n) is 2.70. The predicted molar refractivity (Wildman–Crippen MR) is 83.6 cm³/mol. The van der Waals surface area contributed by atoms with Crippen LogP contribution >= 0.6 is 23.2 Å². The van der Waals surface area contributed by atoms with Gasteiger partial charge in [-0.3, -0.25) is 14.9 Å². The molecular weight excluding hydrogens is 350 g/mol. The number of nitrogens with one attached hydrogen (secondary N) is 1. The van der Waals surface area contributed by atoms with Crippen molar-refractivity contribution in [2.24, 2.45) is 0 Å². The molecule has 2 aromatic carbocycles. The summed E-state index contributed by atoms with van der Waals surface area (Å²) in [6.45, 7) is -0.578. The lowest BCUT2D eigenvalue weighted by atomic mass is 10.3. The first-order chi connectivity index (χ1) is 10.9. The average molecular weight is 359 g/mol. The first kappa shape index (κ1) is 17.0. The van der Waals surface area contributed by atoms with E-state index < -0.39 is 28.9 Å². The Labute approximate surface area is 139 Å². The smallest absolute Gasteiger partial charge is 0.311 e. The minimum atomic E-state index is -0.738. The van der Waals surface area contributed by atoms with E-state index in [9.17, 15) is 19.3 Å². The molecule has 0 atom stereocenters. The number of anilines is 1. The van der Waals surface area contributed by atoms with Crippen LogP contribution in [0.2, 0.25) is 10.0 Å². The molecule has 120 valence electrons. The van der Waals surface area contributed by atoms with E-state index in [0.29, 0.717) is 0 Å². The van der Waals surface area contributed by atoms with Gasteiger partial charge in [0.05, 0.1) is 20.7 Å². The monoisotopic (exact) mass is 358 g/mol. The maximum atomic E-state index is 13.1. The van der Waals surface area contributed by atoms with Gasteiger partial charge in [0.2, 0.25) is 5.75 Å². The number of halogens is 3. The van der Waals surface area contributed by atoms with Gasteiger partial charge < -0.3 is 10.1 Å². The number of nitro benzene ring substituents is 1. The van der Waals surface area contributed by atoms with Crippen LogP contribution < -0.4 is 10.1 Å². The molecule has 23 heavy (non-hydrogen) atoms. The number of benzene rings is 2. The zero-order valence-corrected chi connectivity index (χ0v) is 12.9. The molecule has 0 aromatic heterocycles. The van der Waals surface area contributed by atoms with Crippen molar-refractivity contribution in [1.29, 1.82) is 0 Å². The number of nitrogens with zero attached hydrogens (tertiary/aromatic N) is 1. The zero-order chi connectivity index (χ0) is 17.0. The second kappa shape index (κ2) is 7.26. The fourth-order valence-electron chi connectivity index (χ4n) is 1.69. The Morgan fingerprint density at radius 2 is 1.91 bits per heavy atom. The van der Waals surface area contributed by atoms with Crippen molar-refractivity contribution in [2.45, 2.75) is 0 Å². The van der Waals surface area contributed by atoms with E-state index in [4.69, 9.17) is 27.9 Å². The van der Waals surface area contributed by atoms with Crippen LogP contribution in [-0.2, 0) is 4.79 Å². The highest BCUT2D eigenvalue weighted by molar-refractivity contribution is 6.39. The summed E-state index contributed by atoms with van der Waals surface area (Å²) in [7, 11) is 0. The molecule has 1 N–H and O–H groups in total. The number of carbonyl (C=O) groups is 1. The summed E-state index contributed by atoms with van der Waals surface area (Å²) in [5, 5.41) is 13.7. The summed E-state index contributed by atoms with van der Waals surface area (Å²) in [4.78, 5) is 21.9. The van der Waals surface area contributed by atoms with Crippen molar-refractivity contribution in [2.75, 3.05) is 11.9 Å². The van der Waals surface area contributed by atoms with Gasteiger partial charge in [-0.15, -0.1) is 0 Å². The second-order valence-electron chi connectivity index (χ2n) is 4.30. The highest BCUT2D eigenvalue weighted by Crippen LogP contribution is 2.30. The molecule has 0 unspecified atom stereocenters. The van der Waals surface area contributed by atoms with Gasteiger partial charge >= 0.3 is 5.69 Å². The van der Waals surface area contributed by atoms with Crippen LogP contribution in [0, 0.1) is 15.9 Å². The molecule has 2 aromatic rings. The van der Waals surface area contributed by atoms with Gasteiger partial charge in [-0.1, -0.05) is 29.3 Å². The molecule has 0 aliphatic rings. The number of ether oxygens (including phenoxy) is 1. The zero-order valence-electron chi connectivity index (χ0n) is 11.4. The summed E-state index contributed by atoms with van der Waals surface area (Å²) in [5.41, 5.74) is -0.256. The van der Waals surface area contributed by atoms with E-state index in [0.717, 1.165) is 18.2 Å². The summed E-state index contributed by atoms with van der Waals surface area (Å²) < 4.78 is 18.2. The normalized spacial score (nSPS) is 10.2.